The summed E-state index contributed by atoms with van der Waals surface area (Å²) in [6.07, 6.45) is 1.02. The van der Waals surface area contributed by atoms with Gasteiger partial charge < -0.3 is 15.4 Å². The van der Waals surface area contributed by atoms with Crippen LogP contribution in [0.5, 0.6) is 5.88 Å². The number of nitro groups is 1. The summed E-state index contributed by atoms with van der Waals surface area (Å²) in [7, 11) is 0. The van der Waals surface area contributed by atoms with E-state index in [2.05, 4.69) is 30.8 Å². The number of nitrogens with one attached hydrogen (secondary N) is 3. The Balaban J connectivity index is 1.87. The lowest BCUT2D eigenvalue weighted by molar-refractivity contribution is -0.384. The van der Waals surface area contributed by atoms with Gasteiger partial charge in [0.05, 0.1) is 34.0 Å². The Kier molecular flexibility index (Phi) is 6.31. The molecule has 158 valence electrons. The van der Waals surface area contributed by atoms with Crippen molar-refractivity contribution in [3.8, 4) is 5.88 Å². The van der Waals surface area contributed by atoms with Gasteiger partial charge in [0.25, 0.3) is 0 Å². The molecule has 10 nitrogen and oxygen atoms in total. The monoisotopic (exact) mass is 435 g/mol. The van der Waals surface area contributed by atoms with Gasteiger partial charge in [0.15, 0.2) is 0 Å². The largest absolute Gasteiger partial charge is 0.474 e. The van der Waals surface area contributed by atoms with E-state index in [4.69, 9.17) is 16.3 Å². The molecule has 0 aliphatic heterocycles. The highest BCUT2D eigenvalue weighted by Gasteiger charge is 2.22. The van der Waals surface area contributed by atoms with E-state index < -0.39 is 10.7 Å². The first-order chi connectivity index (χ1) is 14.2. The SMILES string of the molecule is CC(C)Oc1cc(Nc2nc(N[C@@H](C)c3ccc(F)cn3)c(Cl)cc2[N+](=O)[O-])[nH]n1. The summed E-state index contributed by atoms with van der Waals surface area (Å²) in [5.74, 6) is 0.373. The number of ether oxygens (including phenoxy) is 1. The lowest BCUT2D eigenvalue weighted by atomic mass is 10.2. The Morgan fingerprint density at radius 1 is 1.27 bits per heavy atom. The van der Waals surface area contributed by atoms with Gasteiger partial charge in [-0.05, 0) is 32.9 Å². The van der Waals surface area contributed by atoms with Gasteiger partial charge >= 0.3 is 5.69 Å². The number of nitrogens with zero attached hydrogens (tertiary/aromatic N) is 4. The number of aromatic nitrogens is 4. The molecule has 3 rings (SSSR count). The Morgan fingerprint density at radius 3 is 2.67 bits per heavy atom. The predicted molar refractivity (Wildman–Crippen MR) is 110 cm³/mol. The predicted octanol–water partition coefficient (Wildman–Crippen LogP) is 4.60. The first kappa shape index (κ1) is 21.2. The third-order valence-corrected chi connectivity index (χ3v) is 4.15. The molecule has 1 atom stereocenters. The molecule has 0 saturated carbocycles. The normalized spacial score (nSPS) is 11.9. The van der Waals surface area contributed by atoms with E-state index in [-0.39, 0.29) is 34.5 Å². The molecule has 30 heavy (non-hydrogen) atoms. The summed E-state index contributed by atoms with van der Waals surface area (Å²) in [5, 5.41) is 24.0. The van der Waals surface area contributed by atoms with Crippen molar-refractivity contribution < 1.29 is 14.1 Å². The smallest absolute Gasteiger partial charge is 0.313 e. The van der Waals surface area contributed by atoms with E-state index in [1.54, 1.807) is 13.0 Å². The molecule has 0 aliphatic rings. The van der Waals surface area contributed by atoms with Gasteiger partial charge in [0.2, 0.25) is 11.7 Å². The van der Waals surface area contributed by atoms with Gasteiger partial charge in [-0.3, -0.25) is 20.2 Å². The lowest BCUT2D eigenvalue weighted by Crippen LogP contribution is -2.11. The minimum atomic E-state index is -0.599. The first-order valence-electron chi connectivity index (χ1n) is 8.95. The molecule has 0 fully saturated rings. The highest BCUT2D eigenvalue weighted by atomic mass is 35.5. The fourth-order valence-corrected chi connectivity index (χ4v) is 2.73. The summed E-state index contributed by atoms with van der Waals surface area (Å²) in [6.45, 7) is 5.47. The molecule has 0 radical (unpaired) electrons. The standard InChI is InChI=1S/C18H19ClFN7O3/c1-9(2)30-16-7-15(25-26-16)23-18-14(27(28)29)6-12(19)17(24-18)22-10(3)13-5-4-11(20)8-21-13/h4-10H,1-3H3,(H3,22,23,24,25,26)/t10-/m0/s1. The van der Waals surface area contributed by atoms with Crippen LogP contribution in [-0.2, 0) is 0 Å². The van der Waals surface area contributed by atoms with E-state index in [0.29, 0.717) is 17.4 Å². The molecule has 0 spiro atoms. The van der Waals surface area contributed by atoms with Crippen LogP contribution in [0.4, 0.5) is 27.5 Å². The Bertz CT molecular complexity index is 1040. The second kappa shape index (κ2) is 8.91. The molecular weight excluding hydrogens is 417 g/mol. The maximum Gasteiger partial charge on any atom is 0.313 e. The summed E-state index contributed by atoms with van der Waals surface area (Å²) in [6, 6.07) is 5.16. The van der Waals surface area contributed by atoms with Crippen molar-refractivity contribution in [1.82, 2.24) is 20.2 Å². The number of hydrogen-bond acceptors (Lipinski definition) is 8. The highest BCUT2D eigenvalue weighted by Crippen LogP contribution is 2.34. The average molecular weight is 436 g/mol. The molecule has 0 bridgehead atoms. The van der Waals surface area contributed by atoms with Crippen molar-refractivity contribution in [3.05, 3.63) is 57.1 Å². The fourth-order valence-electron chi connectivity index (χ4n) is 2.53. The summed E-state index contributed by atoms with van der Waals surface area (Å²) in [5.41, 5.74) is 0.227. The maximum absolute atomic E-state index is 13.1. The van der Waals surface area contributed by atoms with Crippen LogP contribution in [0.1, 0.15) is 32.5 Å². The fraction of sp³-hybridized carbons (Fsp3) is 0.278. The van der Waals surface area contributed by atoms with Crippen molar-refractivity contribution >= 4 is 34.7 Å². The minimum Gasteiger partial charge on any atom is -0.474 e. The molecule has 0 unspecified atom stereocenters. The van der Waals surface area contributed by atoms with Gasteiger partial charge in [0.1, 0.15) is 17.5 Å². The van der Waals surface area contributed by atoms with E-state index >= 15 is 0 Å². The van der Waals surface area contributed by atoms with Crippen LogP contribution >= 0.6 is 11.6 Å². The molecule has 0 saturated heterocycles. The third-order valence-electron chi connectivity index (χ3n) is 3.86. The van der Waals surface area contributed by atoms with Gasteiger partial charge in [-0.2, -0.15) is 0 Å². The number of pyridine rings is 2. The van der Waals surface area contributed by atoms with Crippen molar-refractivity contribution in [1.29, 1.82) is 0 Å². The van der Waals surface area contributed by atoms with Crippen molar-refractivity contribution in [2.24, 2.45) is 0 Å². The summed E-state index contributed by atoms with van der Waals surface area (Å²) in [4.78, 5) is 19.1. The second-order valence-electron chi connectivity index (χ2n) is 6.62. The van der Waals surface area contributed by atoms with Crippen molar-refractivity contribution in [3.63, 3.8) is 0 Å². The molecule has 3 aromatic heterocycles. The zero-order valence-corrected chi connectivity index (χ0v) is 17.1. The van der Waals surface area contributed by atoms with E-state index in [9.17, 15) is 14.5 Å². The number of halogens is 2. The number of H-pyrrole nitrogens is 1. The van der Waals surface area contributed by atoms with E-state index in [0.717, 1.165) is 6.20 Å². The van der Waals surface area contributed by atoms with E-state index in [1.165, 1.54) is 18.2 Å². The highest BCUT2D eigenvalue weighted by molar-refractivity contribution is 6.33. The minimum absolute atomic E-state index is 0.0501. The second-order valence-corrected chi connectivity index (χ2v) is 7.03. The molecular formula is C18H19ClFN7O3. The number of anilines is 3. The Labute approximate surface area is 176 Å². The van der Waals surface area contributed by atoms with Crippen molar-refractivity contribution in [2.75, 3.05) is 10.6 Å². The van der Waals surface area contributed by atoms with Crippen LogP contribution in [0.2, 0.25) is 5.02 Å². The van der Waals surface area contributed by atoms with Crippen molar-refractivity contribution in [2.45, 2.75) is 32.9 Å². The molecule has 0 amide bonds. The van der Waals surface area contributed by atoms with Gasteiger partial charge in [-0.1, -0.05) is 11.6 Å². The Morgan fingerprint density at radius 2 is 2.03 bits per heavy atom. The van der Waals surface area contributed by atoms with E-state index in [1.807, 2.05) is 13.8 Å². The third kappa shape index (κ3) is 5.11. The lowest BCUT2D eigenvalue weighted by Gasteiger charge is -2.16. The zero-order chi connectivity index (χ0) is 21.8. The number of aromatic amines is 1. The summed E-state index contributed by atoms with van der Waals surface area (Å²) < 4.78 is 18.5. The molecule has 3 N–H and O–H groups in total. The Hall–Kier alpha value is -3.47. The first-order valence-corrected chi connectivity index (χ1v) is 9.32. The summed E-state index contributed by atoms with van der Waals surface area (Å²) >= 11 is 6.19. The topological polar surface area (TPSA) is 131 Å². The van der Waals surface area contributed by atoms with Crippen LogP contribution in [0, 0.1) is 15.9 Å². The maximum atomic E-state index is 13.1. The molecule has 3 heterocycles. The average Bonchev–Trinajstić information content (AvgIpc) is 3.10. The van der Waals surface area contributed by atoms with Crippen LogP contribution in [0.3, 0.4) is 0 Å². The number of hydrogen-bond donors (Lipinski definition) is 3. The molecule has 0 aromatic carbocycles. The number of rotatable bonds is 8. The molecule has 3 aromatic rings. The molecule has 0 aliphatic carbocycles. The molecule has 12 heteroatoms. The van der Waals surface area contributed by atoms with Crippen LogP contribution in [-0.4, -0.2) is 31.2 Å². The van der Waals surface area contributed by atoms with Crippen LogP contribution in [0.25, 0.3) is 0 Å². The van der Waals surface area contributed by atoms with Crippen LogP contribution in [0.15, 0.2) is 30.5 Å². The zero-order valence-electron chi connectivity index (χ0n) is 16.3. The van der Waals surface area contributed by atoms with Crippen LogP contribution < -0.4 is 15.4 Å². The van der Waals surface area contributed by atoms with Gasteiger partial charge in [-0.25, -0.2) is 9.37 Å². The van der Waals surface area contributed by atoms with Gasteiger partial charge in [-0.15, -0.1) is 5.10 Å². The van der Waals surface area contributed by atoms with Gasteiger partial charge in [0, 0.05) is 12.1 Å². The quantitative estimate of drug-likeness (QED) is 0.345.